The maximum Gasteiger partial charge on any atom is 0.390 e. The van der Waals surface area contributed by atoms with Crippen molar-refractivity contribution < 1.29 is 22.7 Å². The van der Waals surface area contributed by atoms with Crippen LogP contribution in [-0.4, -0.2) is 36.8 Å². The van der Waals surface area contributed by atoms with Crippen LogP contribution >= 0.6 is 0 Å². The number of H-pyrrole nitrogens is 1. The van der Waals surface area contributed by atoms with Crippen molar-refractivity contribution in [2.45, 2.75) is 19.1 Å². The van der Waals surface area contributed by atoms with E-state index in [9.17, 15) is 18.0 Å². The van der Waals surface area contributed by atoms with Crippen LogP contribution < -0.4 is 10.1 Å². The summed E-state index contributed by atoms with van der Waals surface area (Å²) in [6, 6.07) is 6.72. The number of aryl methyl sites for hydroxylation is 1. The highest BCUT2D eigenvalue weighted by Crippen LogP contribution is 2.29. The second kappa shape index (κ2) is 8.53. The topological polar surface area (TPSA) is 97.7 Å². The molecule has 32 heavy (non-hydrogen) atoms. The third-order valence-electron chi connectivity index (χ3n) is 4.44. The van der Waals surface area contributed by atoms with E-state index in [1.54, 1.807) is 30.5 Å². The minimum atomic E-state index is -4.25. The lowest BCUT2D eigenvalue weighted by Crippen LogP contribution is -2.12. The summed E-state index contributed by atoms with van der Waals surface area (Å²) < 4.78 is 44.4. The van der Waals surface area contributed by atoms with Crippen LogP contribution in [0.1, 0.15) is 6.42 Å². The number of rotatable bonds is 7. The van der Waals surface area contributed by atoms with Gasteiger partial charge in [-0.05, 0) is 18.2 Å². The average molecular weight is 442 g/mol. The van der Waals surface area contributed by atoms with Gasteiger partial charge >= 0.3 is 6.18 Å². The van der Waals surface area contributed by atoms with E-state index < -0.39 is 12.6 Å². The highest BCUT2D eigenvalue weighted by atomic mass is 19.4. The SMILES string of the molecule is C=CC(=O)Nc1cccc(Oc2cnc3[nH]cc(-c4cnn(CCC(F)(F)F)c4)c3n2)c1. The maximum atomic E-state index is 12.5. The molecule has 0 bridgehead atoms. The zero-order valence-electron chi connectivity index (χ0n) is 16.6. The van der Waals surface area contributed by atoms with Crippen molar-refractivity contribution in [1.82, 2.24) is 24.7 Å². The van der Waals surface area contributed by atoms with E-state index in [0.717, 1.165) is 6.08 Å². The molecule has 0 aliphatic carbocycles. The zero-order chi connectivity index (χ0) is 22.7. The number of hydrogen-bond acceptors (Lipinski definition) is 5. The van der Waals surface area contributed by atoms with E-state index in [1.807, 2.05) is 0 Å². The van der Waals surface area contributed by atoms with Crippen LogP contribution in [0.4, 0.5) is 18.9 Å². The first-order valence-electron chi connectivity index (χ1n) is 9.46. The van der Waals surface area contributed by atoms with Crippen molar-refractivity contribution in [3.05, 3.63) is 61.7 Å². The van der Waals surface area contributed by atoms with Crippen molar-refractivity contribution in [3.8, 4) is 22.8 Å². The Morgan fingerprint density at radius 3 is 2.94 bits per heavy atom. The second-order valence-corrected chi connectivity index (χ2v) is 6.79. The van der Waals surface area contributed by atoms with Crippen LogP contribution in [-0.2, 0) is 11.3 Å². The largest absolute Gasteiger partial charge is 0.437 e. The van der Waals surface area contributed by atoms with Gasteiger partial charge in [0.15, 0.2) is 5.65 Å². The number of halogens is 3. The molecule has 0 atom stereocenters. The molecule has 0 spiro atoms. The molecule has 0 saturated heterocycles. The lowest BCUT2D eigenvalue weighted by molar-refractivity contribution is -0.137. The van der Waals surface area contributed by atoms with Crippen molar-refractivity contribution in [1.29, 1.82) is 0 Å². The van der Waals surface area contributed by atoms with Gasteiger partial charge in [0.05, 0.1) is 18.8 Å². The van der Waals surface area contributed by atoms with Gasteiger partial charge in [0, 0.05) is 41.8 Å². The van der Waals surface area contributed by atoms with Gasteiger partial charge in [-0.25, -0.2) is 9.97 Å². The summed E-state index contributed by atoms with van der Waals surface area (Å²) in [6.07, 6.45) is 2.03. The summed E-state index contributed by atoms with van der Waals surface area (Å²) in [6.45, 7) is 3.13. The molecule has 3 aromatic heterocycles. The number of nitrogens with zero attached hydrogens (tertiary/aromatic N) is 4. The highest BCUT2D eigenvalue weighted by molar-refractivity contribution is 5.99. The third kappa shape index (κ3) is 4.94. The Hall–Kier alpha value is -4.15. The molecule has 8 nitrogen and oxygen atoms in total. The zero-order valence-corrected chi connectivity index (χ0v) is 16.6. The molecule has 1 aromatic carbocycles. The van der Waals surface area contributed by atoms with Crippen molar-refractivity contribution in [2.75, 3.05) is 5.32 Å². The van der Waals surface area contributed by atoms with E-state index in [1.165, 1.54) is 23.3 Å². The fourth-order valence-corrected chi connectivity index (χ4v) is 2.96. The molecule has 0 saturated carbocycles. The van der Waals surface area contributed by atoms with Gasteiger partial charge < -0.3 is 15.0 Å². The molecule has 4 rings (SSSR count). The summed E-state index contributed by atoms with van der Waals surface area (Å²) in [5.74, 6) is 0.281. The van der Waals surface area contributed by atoms with E-state index >= 15 is 0 Å². The van der Waals surface area contributed by atoms with Crippen LogP contribution in [0, 0.1) is 0 Å². The van der Waals surface area contributed by atoms with Crippen LogP contribution in [0.2, 0.25) is 0 Å². The second-order valence-electron chi connectivity index (χ2n) is 6.79. The number of carbonyl (C=O) groups is 1. The number of anilines is 1. The highest BCUT2D eigenvalue weighted by Gasteiger charge is 2.26. The van der Waals surface area contributed by atoms with Crippen molar-refractivity contribution >= 4 is 22.8 Å². The average Bonchev–Trinajstić information content (AvgIpc) is 3.38. The van der Waals surface area contributed by atoms with Gasteiger partial charge in [-0.2, -0.15) is 18.3 Å². The number of fused-ring (bicyclic) bond motifs is 1. The Kier molecular flexibility index (Phi) is 5.63. The smallest absolute Gasteiger partial charge is 0.390 e. The molecule has 11 heteroatoms. The number of nitrogens with one attached hydrogen (secondary N) is 2. The summed E-state index contributed by atoms with van der Waals surface area (Å²) in [4.78, 5) is 23.2. The Labute approximate surface area is 179 Å². The van der Waals surface area contributed by atoms with Gasteiger partial charge in [0.1, 0.15) is 11.3 Å². The van der Waals surface area contributed by atoms with Gasteiger partial charge in [0.25, 0.3) is 0 Å². The molecule has 3 heterocycles. The molecule has 2 N–H and O–H groups in total. The molecule has 164 valence electrons. The first-order valence-corrected chi connectivity index (χ1v) is 9.46. The summed E-state index contributed by atoms with van der Waals surface area (Å²) in [5, 5.41) is 6.63. The van der Waals surface area contributed by atoms with Gasteiger partial charge in [-0.1, -0.05) is 12.6 Å². The summed E-state index contributed by atoms with van der Waals surface area (Å²) in [7, 11) is 0. The van der Waals surface area contributed by atoms with Crippen LogP contribution in [0.15, 0.2) is 61.7 Å². The summed E-state index contributed by atoms with van der Waals surface area (Å²) in [5.41, 5.74) is 2.72. The molecule has 0 aliphatic heterocycles. The number of benzene rings is 1. The number of amides is 1. The van der Waals surface area contributed by atoms with Gasteiger partial charge in [0.2, 0.25) is 11.8 Å². The number of aromatic nitrogens is 5. The summed E-state index contributed by atoms with van der Waals surface area (Å²) >= 11 is 0. The molecular formula is C21H17F3N6O2. The predicted molar refractivity (Wildman–Crippen MR) is 111 cm³/mol. The first-order chi connectivity index (χ1) is 15.3. The Bertz CT molecular complexity index is 1280. The fraction of sp³-hybridized carbons (Fsp3) is 0.143. The Balaban J connectivity index is 1.56. The molecule has 0 aliphatic rings. The quantitative estimate of drug-likeness (QED) is 0.405. The predicted octanol–water partition coefficient (Wildman–Crippen LogP) is 4.69. The minimum Gasteiger partial charge on any atom is -0.437 e. The Morgan fingerprint density at radius 1 is 1.31 bits per heavy atom. The molecule has 0 radical (unpaired) electrons. The molecule has 0 unspecified atom stereocenters. The number of alkyl halides is 3. The Morgan fingerprint density at radius 2 is 2.16 bits per heavy atom. The molecular weight excluding hydrogens is 425 g/mol. The van der Waals surface area contributed by atoms with E-state index in [2.05, 4.69) is 31.9 Å². The monoisotopic (exact) mass is 442 g/mol. The maximum absolute atomic E-state index is 12.5. The van der Waals surface area contributed by atoms with Crippen molar-refractivity contribution in [3.63, 3.8) is 0 Å². The van der Waals surface area contributed by atoms with Crippen LogP contribution in [0.25, 0.3) is 22.3 Å². The number of carbonyl (C=O) groups excluding carboxylic acids is 1. The number of hydrogen-bond donors (Lipinski definition) is 2. The third-order valence-corrected chi connectivity index (χ3v) is 4.44. The number of ether oxygens (including phenoxy) is 1. The molecule has 1 amide bonds. The minimum absolute atomic E-state index is 0.204. The number of aromatic amines is 1. The van der Waals surface area contributed by atoms with E-state index in [-0.39, 0.29) is 18.3 Å². The van der Waals surface area contributed by atoms with Gasteiger partial charge in [-0.15, -0.1) is 0 Å². The van der Waals surface area contributed by atoms with Crippen molar-refractivity contribution in [2.24, 2.45) is 0 Å². The lowest BCUT2D eigenvalue weighted by atomic mass is 10.2. The molecule has 4 aromatic rings. The standard InChI is InChI=1S/C21H17F3N6O2/c1-2-17(31)28-14-4-3-5-15(8-14)32-18-11-26-20-19(29-18)16(10-25-20)13-9-27-30(12-13)7-6-21(22,23)24/h2-5,8-12H,1,6-7H2,(H,25,26)(H,28,31). The first kappa shape index (κ1) is 21.1. The van der Waals surface area contributed by atoms with E-state index in [4.69, 9.17) is 4.74 Å². The van der Waals surface area contributed by atoms with E-state index in [0.29, 0.717) is 33.7 Å². The molecule has 0 fully saturated rings. The van der Waals surface area contributed by atoms with Crippen LogP contribution in [0.3, 0.4) is 0 Å². The fourth-order valence-electron chi connectivity index (χ4n) is 2.96. The van der Waals surface area contributed by atoms with Gasteiger partial charge in [-0.3, -0.25) is 9.48 Å². The normalized spacial score (nSPS) is 11.5. The lowest BCUT2D eigenvalue weighted by Gasteiger charge is -2.07. The van der Waals surface area contributed by atoms with Crippen LogP contribution in [0.5, 0.6) is 11.6 Å².